The number of likely N-dealkylation sites (tertiary alicyclic amines) is 1. The third kappa shape index (κ3) is 5.39. The minimum atomic E-state index is -0.703. The van der Waals surface area contributed by atoms with Gasteiger partial charge in [-0.1, -0.05) is 13.8 Å². The van der Waals surface area contributed by atoms with E-state index in [9.17, 15) is 19.8 Å². The van der Waals surface area contributed by atoms with E-state index >= 15 is 0 Å². The van der Waals surface area contributed by atoms with Crippen molar-refractivity contribution in [3.63, 3.8) is 0 Å². The molecule has 6 unspecified atom stereocenters. The fourth-order valence-electron chi connectivity index (χ4n) is 7.22. The summed E-state index contributed by atoms with van der Waals surface area (Å²) in [6.07, 6.45) is 3.23. The first-order chi connectivity index (χ1) is 17.6. The van der Waals surface area contributed by atoms with Gasteiger partial charge in [-0.05, 0) is 55.8 Å². The van der Waals surface area contributed by atoms with Gasteiger partial charge in [-0.15, -0.1) is 0 Å². The summed E-state index contributed by atoms with van der Waals surface area (Å²) in [5, 5.41) is 24.4. The third-order valence-electron chi connectivity index (χ3n) is 9.38. The lowest BCUT2D eigenvalue weighted by Crippen LogP contribution is -2.61. The number of aliphatic hydroxyl groups excluding tert-OH is 2. The molecule has 4 rings (SSSR count). The normalized spacial score (nSPS) is 33.4. The number of amides is 2. The van der Waals surface area contributed by atoms with Gasteiger partial charge in [0.05, 0.1) is 32.6 Å². The molecule has 206 valence electrons. The molecule has 6 atom stereocenters. The summed E-state index contributed by atoms with van der Waals surface area (Å²) in [4.78, 5) is 27.9. The number of aliphatic hydroxyl groups is 2. The largest absolute Gasteiger partial charge is 0.497 e. The molecular weight excluding hydrogens is 476 g/mol. The molecule has 37 heavy (non-hydrogen) atoms. The fraction of sp³-hybridized carbons (Fsp3) is 0.714. The van der Waals surface area contributed by atoms with Crippen LogP contribution < -0.4 is 14.8 Å². The van der Waals surface area contributed by atoms with Crippen molar-refractivity contribution in [2.24, 2.45) is 22.7 Å². The number of anilines is 1. The highest BCUT2D eigenvalue weighted by molar-refractivity contribution is 5.85. The van der Waals surface area contributed by atoms with Gasteiger partial charge in [-0.3, -0.25) is 10.1 Å². The molecule has 1 aliphatic heterocycles. The number of hydrogen-bond donors (Lipinski definition) is 3. The molecule has 3 N–H and O–H groups in total. The molecule has 9 heteroatoms. The summed E-state index contributed by atoms with van der Waals surface area (Å²) in [7, 11) is 3.07. The van der Waals surface area contributed by atoms with Crippen LogP contribution in [-0.2, 0) is 9.53 Å². The number of carbonyl (C=O) groups is 2. The van der Waals surface area contributed by atoms with Crippen LogP contribution in [0.1, 0.15) is 58.8 Å². The number of hydrogen-bond acceptors (Lipinski definition) is 7. The highest BCUT2D eigenvalue weighted by Crippen LogP contribution is 2.61. The molecule has 1 aromatic rings. The number of methoxy groups -OCH3 is 2. The maximum absolute atomic E-state index is 13.1. The predicted molar refractivity (Wildman–Crippen MR) is 139 cm³/mol. The van der Waals surface area contributed by atoms with Gasteiger partial charge in [-0.2, -0.15) is 0 Å². The van der Waals surface area contributed by atoms with Crippen LogP contribution in [0.25, 0.3) is 0 Å². The lowest BCUT2D eigenvalue weighted by Gasteiger charge is -2.60. The van der Waals surface area contributed by atoms with E-state index in [1.165, 1.54) is 14.2 Å². The van der Waals surface area contributed by atoms with Gasteiger partial charge in [0.25, 0.3) is 0 Å². The van der Waals surface area contributed by atoms with Gasteiger partial charge in [0.1, 0.15) is 17.6 Å². The Kier molecular flexibility index (Phi) is 8.23. The minimum absolute atomic E-state index is 0.00626. The summed E-state index contributed by atoms with van der Waals surface area (Å²) >= 11 is 0. The van der Waals surface area contributed by atoms with E-state index in [1.54, 1.807) is 18.2 Å². The van der Waals surface area contributed by atoms with Gasteiger partial charge in [0.15, 0.2) is 0 Å². The zero-order chi connectivity index (χ0) is 26.8. The Morgan fingerprint density at radius 1 is 1.05 bits per heavy atom. The second-order valence-corrected chi connectivity index (χ2v) is 11.4. The second kappa shape index (κ2) is 11.1. The van der Waals surface area contributed by atoms with E-state index in [-0.39, 0.29) is 29.8 Å². The molecule has 0 spiro atoms. The quantitative estimate of drug-likeness (QED) is 0.502. The summed E-state index contributed by atoms with van der Waals surface area (Å²) < 4.78 is 16.5. The number of carbonyl (C=O) groups excluding carboxylic acids is 2. The minimum Gasteiger partial charge on any atom is -0.497 e. The topological polar surface area (TPSA) is 118 Å². The number of ether oxygens (including phenoxy) is 3. The van der Waals surface area contributed by atoms with Crippen molar-refractivity contribution < 1.29 is 34.0 Å². The van der Waals surface area contributed by atoms with E-state index < -0.39 is 23.7 Å². The maximum Gasteiger partial charge on any atom is 0.411 e. The molecule has 0 bridgehead atoms. The van der Waals surface area contributed by atoms with Gasteiger partial charge >= 0.3 is 6.09 Å². The fourth-order valence-corrected chi connectivity index (χ4v) is 7.22. The first-order valence-electron chi connectivity index (χ1n) is 13.4. The monoisotopic (exact) mass is 518 g/mol. The summed E-state index contributed by atoms with van der Waals surface area (Å²) in [5.74, 6) is 0.996. The Morgan fingerprint density at radius 3 is 2.30 bits per heavy atom. The van der Waals surface area contributed by atoms with Crippen molar-refractivity contribution in [2.45, 2.75) is 71.0 Å². The first kappa shape index (κ1) is 27.5. The Hall–Kier alpha value is -2.52. The van der Waals surface area contributed by atoms with Gasteiger partial charge < -0.3 is 29.3 Å². The number of rotatable bonds is 7. The van der Waals surface area contributed by atoms with Gasteiger partial charge in [-0.25, -0.2) is 4.79 Å². The summed E-state index contributed by atoms with van der Waals surface area (Å²) in [6, 6.07) is 5.07. The zero-order valence-electron chi connectivity index (χ0n) is 22.5. The van der Waals surface area contributed by atoms with Crippen molar-refractivity contribution in [1.82, 2.24) is 4.90 Å². The highest BCUT2D eigenvalue weighted by atomic mass is 16.6. The van der Waals surface area contributed by atoms with Gasteiger partial charge in [0.2, 0.25) is 5.91 Å². The Bertz CT molecular complexity index is 959. The molecular formula is C28H42N2O7. The molecule has 0 aromatic heterocycles. The third-order valence-corrected chi connectivity index (χ3v) is 9.38. The highest BCUT2D eigenvalue weighted by Gasteiger charge is 2.60. The Morgan fingerprint density at radius 2 is 1.70 bits per heavy atom. The molecule has 1 saturated heterocycles. The summed E-state index contributed by atoms with van der Waals surface area (Å²) in [5.41, 5.74) is -0.569. The number of nitrogens with one attached hydrogen (secondary N) is 1. The smallest absolute Gasteiger partial charge is 0.411 e. The van der Waals surface area contributed by atoms with Crippen LogP contribution in [0.4, 0.5) is 10.5 Å². The molecule has 2 saturated carbocycles. The van der Waals surface area contributed by atoms with E-state index in [4.69, 9.17) is 14.2 Å². The first-order valence-corrected chi connectivity index (χ1v) is 13.4. The lowest BCUT2D eigenvalue weighted by atomic mass is 9.46. The van der Waals surface area contributed by atoms with Crippen molar-refractivity contribution in [3.05, 3.63) is 18.2 Å². The van der Waals surface area contributed by atoms with Crippen LogP contribution in [-0.4, -0.2) is 73.2 Å². The molecule has 0 radical (unpaired) electrons. The molecule has 2 amide bonds. The predicted octanol–water partition coefficient (Wildman–Crippen LogP) is 3.82. The number of nitrogens with zero attached hydrogens (tertiary/aromatic N) is 1. The van der Waals surface area contributed by atoms with E-state index in [1.807, 2.05) is 11.8 Å². The standard InChI is InChI=1S/C28H42N2O7/c1-27-10-9-24(37-26(34)29-18-13-19(35-3)15-20(14-18)36-4)28(2,17-31)23(27)8-7-22(32)21(27)16-25(33)30-11-5-6-12-30/h13-15,21-24,31-32H,5-12,16-17H2,1-4H3,(H,29,34). The molecule has 1 heterocycles. The van der Waals surface area contributed by atoms with Crippen LogP contribution in [0.3, 0.4) is 0 Å². The van der Waals surface area contributed by atoms with Crippen molar-refractivity contribution in [1.29, 1.82) is 0 Å². The molecule has 9 nitrogen and oxygen atoms in total. The number of benzene rings is 1. The molecule has 1 aromatic carbocycles. The average Bonchev–Trinajstić information content (AvgIpc) is 3.43. The van der Waals surface area contributed by atoms with Gasteiger partial charge in [0, 0.05) is 43.1 Å². The molecule has 3 fully saturated rings. The van der Waals surface area contributed by atoms with Crippen molar-refractivity contribution >= 4 is 17.7 Å². The summed E-state index contributed by atoms with van der Waals surface area (Å²) in [6.45, 7) is 5.55. The van der Waals surface area contributed by atoms with Crippen LogP contribution in [0, 0.1) is 22.7 Å². The molecule has 3 aliphatic rings. The number of fused-ring (bicyclic) bond motifs is 1. The average molecular weight is 519 g/mol. The van der Waals surface area contributed by atoms with E-state index in [0.29, 0.717) is 49.3 Å². The van der Waals surface area contributed by atoms with Crippen LogP contribution in [0.2, 0.25) is 0 Å². The lowest BCUT2D eigenvalue weighted by molar-refractivity contribution is -0.186. The molecule has 2 aliphatic carbocycles. The second-order valence-electron chi connectivity index (χ2n) is 11.4. The SMILES string of the molecule is COc1cc(NC(=O)OC2CCC3(C)C(CC(=O)N4CCCC4)C(O)CCC3C2(C)CO)cc(OC)c1. The zero-order valence-corrected chi connectivity index (χ0v) is 22.5. The van der Waals surface area contributed by atoms with Crippen LogP contribution in [0.15, 0.2) is 18.2 Å². The Balaban J connectivity index is 1.49. The van der Waals surface area contributed by atoms with Crippen molar-refractivity contribution in [2.75, 3.05) is 39.2 Å². The van der Waals surface area contributed by atoms with E-state index in [2.05, 4.69) is 12.2 Å². The van der Waals surface area contributed by atoms with Crippen LogP contribution in [0.5, 0.6) is 11.5 Å². The van der Waals surface area contributed by atoms with Crippen LogP contribution >= 0.6 is 0 Å². The van der Waals surface area contributed by atoms with Crippen molar-refractivity contribution in [3.8, 4) is 11.5 Å². The Labute approximate surface area is 219 Å². The maximum atomic E-state index is 13.1. The van der Waals surface area contributed by atoms with E-state index in [0.717, 1.165) is 25.9 Å².